The molecular weight excluding hydrogens is 647 g/mol. The smallest absolute Gasteiger partial charge is 0.308 e. The lowest BCUT2D eigenvalue weighted by Gasteiger charge is -2.21. The first-order valence-electron chi connectivity index (χ1n) is 23.2. The molecule has 0 aromatic heterocycles. The van der Waals surface area contributed by atoms with Crippen molar-refractivity contribution in [3.05, 3.63) is 0 Å². The van der Waals surface area contributed by atoms with Gasteiger partial charge in [0.05, 0.1) is 25.7 Å². The van der Waals surface area contributed by atoms with Crippen LogP contribution in [0.25, 0.3) is 0 Å². The molecular formula is C46H91NO5. The van der Waals surface area contributed by atoms with E-state index >= 15 is 0 Å². The molecule has 310 valence electrons. The van der Waals surface area contributed by atoms with Crippen molar-refractivity contribution in [2.75, 3.05) is 39.5 Å². The molecule has 0 spiro atoms. The zero-order chi connectivity index (χ0) is 38.0. The van der Waals surface area contributed by atoms with Crippen molar-refractivity contribution < 1.29 is 24.2 Å². The van der Waals surface area contributed by atoms with E-state index in [0.29, 0.717) is 19.6 Å². The Morgan fingerprint density at radius 1 is 0.442 bits per heavy atom. The Balaban J connectivity index is 3.79. The van der Waals surface area contributed by atoms with Crippen LogP contribution in [0.15, 0.2) is 0 Å². The zero-order valence-electron chi connectivity index (χ0n) is 35.4. The number of esters is 2. The van der Waals surface area contributed by atoms with Crippen molar-refractivity contribution in [2.24, 2.45) is 5.92 Å². The standard InChI is InChI=1S/C46H91NO5/c1-4-7-10-13-15-16-19-26-33-42-51-45(49)37-30-23-21-25-32-39-47(40-41-48)38-31-24-18-17-20-27-34-43-52-46(50)44(35-28-12-9-6-3)36-29-22-14-11-8-5-2/h44,48H,4-43H2,1-3H3. The van der Waals surface area contributed by atoms with Crippen molar-refractivity contribution in [3.63, 3.8) is 0 Å². The Bertz CT molecular complexity index is 732. The third-order valence-electron chi connectivity index (χ3n) is 10.8. The number of carbonyl (C=O) groups excluding carboxylic acids is 2. The quantitative estimate of drug-likeness (QED) is 0.0496. The molecule has 0 amide bonds. The van der Waals surface area contributed by atoms with E-state index < -0.39 is 0 Å². The van der Waals surface area contributed by atoms with Crippen molar-refractivity contribution in [1.29, 1.82) is 0 Å². The number of hydrogen-bond donors (Lipinski definition) is 1. The van der Waals surface area contributed by atoms with E-state index in [1.807, 2.05) is 0 Å². The normalized spacial score (nSPS) is 12.1. The van der Waals surface area contributed by atoms with E-state index in [0.717, 1.165) is 90.3 Å². The minimum absolute atomic E-state index is 0.0231. The van der Waals surface area contributed by atoms with Crippen molar-refractivity contribution >= 4 is 11.9 Å². The van der Waals surface area contributed by atoms with Crippen LogP contribution in [-0.4, -0.2) is 61.4 Å². The molecule has 0 saturated heterocycles. The van der Waals surface area contributed by atoms with Crippen molar-refractivity contribution in [1.82, 2.24) is 4.90 Å². The van der Waals surface area contributed by atoms with Crippen LogP contribution >= 0.6 is 0 Å². The minimum Gasteiger partial charge on any atom is -0.466 e. The van der Waals surface area contributed by atoms with Crippen LogP contribution < -0.4 is 0 Å². The van der Waals surface area contributed by atoms with E-state index in [4.69, 9.17) is 9.47 Å². The maximum atomic E-state index is 12.9. The van der Waals surface area contributed by atoms with Gasteiger partial charge in [0, 0.05) is 13.0 Å². The van der Waals surface area contributed by atoms with Crippen LogP contribution in [0.2, 0.25) is 0 Å². The van der Waals surface area contributed by atoms with Crippen LogP contribution in [0.5, 0.6) is 0 Å². The first-order chi connectivity index (χ1) is 25.6. The average Bonchev–Trinajstić information content (AvgIpc) is 3.14. The summed E-state index contributed by atoms with van der Waals surface area (Å²) >= 11 is 0. The molecule has 0 saturated carbocycles. The molecule has 0 fully saturated rings. The van der Waals surface area contributed by atoms with E-state index in [9.17, 15) is 14.7 Å². The SMILES string of the molecule is CCCCCCCCCCCOC(=O)CCCCCCCN(CCO)CCCCCCCCCOC(=O)C(CCCCCC)CCCCCCCC. The highest BCUT2D eigenvalue weighted by molar-refractivity contribution is 5.72. The van der Waals surface area contributed by atoms with E-state index in [2.05, 4.69) is 25.7 Å². The van der Waals surface area contributed by atoms with E-state index in [-0.39, 0.29) is 24.5 Å². The first kappa shape index (κ1) is 50.9. The Labute approximate surface area is 324 Å². The van der Waals surface area contributed by atoms with Gasteiger partial charge in [-0.25, -0.2) is 0 Å². The van der Waals surface area contributed by atoms with Gasteiger partial charge in [0.1, 0.15) is 0 Å². The molecule has 52 heavy (non-hydrogen) atoms. The summed E-state index contributed by atoms with van der Waals surface area (Å²) < 4.78 is 11.2. The molecule has 1 unspecified atom stereocenters. The summed E-state index contributed by atoms with van der Waals surface area (Å²) in [6.45, 7) is 11.0. The summed E-state index contributed by atoms with van der Waals surface area (Å²) in [7, 11) is 0. The van der Waals surface area contributed by atoms with Gasteiger partial charge in [-0.3, -0.25) is 9.59 Å². The average molecular weight is 738 g/mol. The number of hydrogen-bond acceptors (Lipinski definition) is 6. The fourth-order valence-electron chi connectivity index (χ4n) is 7.26. The third-order valence-corrected chi connectivity index (χ3v) is 10.8. The van der Waals surface area contributed by atoms with Gasteiger partial charge >= 0.3 is 11.9 Å². The van der Waals surface area contributed by atoms with Crippen LogP contribution in [0, 0.1) is 5.92 Å². The Morgan fingerprint density at radius 3 is 1.27 bits per heavy atom. The summed E-state index contributed by atoms with van der Waals surface area (Å²) in [5.41, 5.74) is 0. The van der Waals surface area contributed by atoms with Crippen molar-refractivity contribution in [3.8, 4) is 0 Å². The molecule has 0 aliphatic carbocycles. The molecule has 0 aliphatic heterocycles. The molecule has 0 rings (SSSR count). The van der Waals surface area contributed by atoms with E-state index in [1.165, 1.54) is 141 Å². The van der Waals surface area contributed by atoms with Crippen LogP contribution in [0.1, 0.15) is 239 Å². The summed E-state index contributed by atoms with van der Waals surface area (Å²) in [5, 5.41) is 9.54. The molecule has 6 nitrogen and oxygen atoms in total. The Hall–Kier alpha value is -1.14. The second-order valence-corrected chi connectivity index (χ2v) is 15.9. The van der Waals surface area contributed by atoms with Crippen LogP contribution in [-0.2, 0) is 19.1 Å². The number of ether oxygens (including phenoxy) is 2. The van der Waals surface area contributed by atoms with Gasteiger partial charge in [-0.15, -0.1) is 0 Å². The number of rotatable bonds is 43. The fraction of sp³-hybridized carbons (Fsp3) is 0.957. The predicted molar refractivity (Wildman–Crippen MR) is 223 cm³/mol. The summed E-state index contributed by atoms with van der Waals surface area (Å²) in [5.74, 6) is 0.147. The molecule has 1 atom stereocenters. The molecule has 0 radical (unpaired) electrons. The fourth-order valence-corrected chi connectivity index (χ4v) is 7.26. The molecule has 0 aromatic carbocycles. The Kier molecular flexibility index (Phi) is 41.7. The second kappa shape index (κ2) is 42.6. The maximum Gasteiger partial charge on any atom is 0.308 e. The van der Waals surface area contributed by atoms with Crippen LogP contribution in [0.4, 0.5) is 0 Å². The number of aliphatic hydroxyl groups is 1. The van der Waals surface area contributed by atoms with Gasteiger partial charge in [-0.2, -0.15) is 0 Å². The lowest BCUT2D eigenvalue weighted by Crippen LogP contribution is -2.29. The topological polar surface area (TPSA) is 76.1 Å². The highest BCUT2D eigenvalue weighted by Crippen LogP contribution is 2.21. The van der Waals surface area contributed by atoms with Crippen LogP contribution in [0.3, 0.4) is 0 Å². The molecule has 0 aliphatic rings. The van der Waals surface area contributed by atoms with Gasteiger partial charge in [-0.05, 0) is 58.0 Å². The largest absolute Gasteiger partial charge is 0.466 e. The minimum atomic E-state index is -0.0231. The summed E-state index contributed by atoms with van der Waals surface area (Å²) in [6.07, 6.45) is 40.4. The third kappa shape index (κ3) is 37.2. The first-order valence-corrected chi connectivity index (χ1v) is 23.2. The van der Waals surface area contributed by atoms with Gasteiger partial charge in [0.2, 0.25) is 0 Å². The lowest BCUT2D eigenvalue weighted by molar-refractivity contribution is -0.149. The predicted octanol–water partition coefficient (Wildman–Crippen LogP) is 13.3. The maximum absolute atomic E-state index is 12.9. The van der Waals surface area contributed by atoms with Crippen molar-refractivity contribution in [2.45, 2.75) is 239 Å². The molecule has 1 N–H and O–H groups in total. The lowest BCUT2D eigenvalue weighted by atomic mass is 9.94. The Morgan fingerprint density at radius 2 is 0.808 bits per heavy atom. The van der Waals surface area contributed by atoms with Gasteiger partial charge in [-0.1, -0.05) is 188 Å². The monoisotopic (exact) mass is 738 g/mol. The number of aliphatic hydroxyl groups excluding tert-OH is 1. The summed E-state index contributed by atoms with van der Waals surface area (Å²) in [4.78, 5) is 27.3. The van der Waals surface area contributed by atoms with Gasteiger partial charge < -0.3 is 19.5 Å². The molecule has 0 aromatic rings. The van der Waals surface area contributed by atoms with Gasteiger partial charge in [0.25, 0.3) is 0 Å². The number of unbranched alkanes of at least 4 members (excludes halogenated alkanes) is 26. The second-order valence-electron chi connectivity index (χ2n) is 15.9. The highest BCUT2D eigenvalue weighted by Gasteiger charge is 2.19. The molecule has 0 bridgehead atoms. The zero-order valence-corrected chi connectivity index (χ0v) is 35.4. The van der Waals surface area contributed by atoms with Gasteiger partial charge in [0.15, 0.2) is 0 Å². The highest BCUT2D eigenvalue weighted by atomic mass is 16.5. The summed E-state index contributed by atoms with van der Waals surface area (Å²) in [6, 6.07) is 0. The number of nitrogens with zero attached hydrogens (tertiary/aromatic N) is 1. The van der Waals surface area contributed by atoms with E-state index in [1.54, 1.807) is 0 Å². The molecule has 6 heteroatoms. The number of carbonyl (C=O) groups is 2. The molecule has 0 heterocycles.